The number of rotatable bonds is 6. The van der Waals surface area contributed by atoms with Gasteiger partial charge in [-0.1, -0.05) is 12.1 Å². The summed E-state index contributed by atoms with van der Waals surface area (Å²) >= 11 is 3.23. The van der Waals surface area contributed by atoms with Gasteiger partial charge >= 0.3 is 0 Å². The smallest absolute Gasteiger partial charge is 0.283 e. The van der Waals surface area contributed by atoms with E-state index in [1.807, 2.05) is 13.1 Å². The molecule has 1 N–H and O–H groups in total. The molecule has 0 atom stereocenters. The van der Waals surface area contributed by atoms with Crippen LogP contribution in [-0.2, 0) is 13.1 Å². The van der Waals surface area contributed by atoms with E-state index in [1.54, 1.807) is 16.8 Å². The van der Waals surface area contributed by atoms with Crippen LogP contribution in [0.25, 0.3) is 11.7 Å². The summed E-state index contributed by atoms with van der Waals surface area (Å²) in [6.07, 6.45) is 1.84. The lowest BCUT2D eigenvalue weighted by Crippen LogP contribution is -2.11. The van der Waals surface area contributed by atoms with Gasteiger partial charge in [-0.25, -0.2) is 4.68 Å². The summed E-state index contributed by atoms with van der Waals surface area (Å²) in [5, 5.41) is 19.2. The second-order valence-electron chi connectivity index (χ2n) is 4.29. The van der Waals surface area contributed by atoms with Gasteiger partial charge in [-0.05, 0) is 34.6 Å². The Bertz CT molecular complexity index is 719. The van der Waals surface area contributed by atoms with Crippen molar-refractivity contribution >= 4 is 15.9 Å². The van der Waals surface area contributed by atoms with E-state index in [2.05, 4.69) is 41.8 Å². The zero-order valence-electron chi connectivity index (χ0n) is 11.3. The summed E-state index contributed by atoms with van der Waals surface area (Å²) in [5.41, 5.74) is 0.867. The van der Waals surface area contributed by atoms with E-state index in [0.29, 0.717) is 35.3 Å². The van der Waals surface area contributed by atoms with Gasteiger partial charge < -0.3 is 14.2 Å². The monoisotopic (exact) mass is 352 g/mol. The van der Waals surface area contributed by atoms with E-state index >= 15 is 0 Å². The van der Waals surface area contributed by atoms with Gasteiger partial charge in [0, 0.05) is 6.54 Å². The molecule has 0 fully saturated rings. The van der Waals surface area contributed by atoms with Gasteiger partial charge in [0.05, 0.1) is 11.9 Å². The zero-order valence-corrected chi connectivity index (χ0v) is 12.9. The number of hydrogen-bond acceptors (Lipinski definition) is 7. The molecule has 0 aliphatic carbocycles. The van der Waals surface area contributed by atoms with Crippen molar-refractivity contribution in [1.82, 2.24) is 30.5 Å². The summed E-state index contributed by atoms with van der Waals surface area (Å²) < 4.78 is 13.2. The maximum atomic E-state index is 5.54. The van der Waals surface area contributed by atoms with Crippen LogP contribution in [0.2, 0.25) is 0 Å². The van der Waals surface area contributed by atoms with Crippen LogP contribution in [0.5, 0.6) is 0 Å². The maximum Gasteiger partial charge on any atom is 0.283 e. The highest BCUT2D eigenvalue weighted by Crippen LogP contribution is 2.23. The van der Waals surface area contributed by atoms with Crippen molar-refractivity contribution in [2.24, 2.45) is 0 Å². The average molecular weight is 353 g/mol. The lowest BCUT2D eigenvalue weighted by atomic mass is 10.4. The SMILES string of the molecule is CCNCc1cn(Cc2nnc(-c3ccc(Br)o3)o2)nn1. The van der Waals surface area contributed by atoms with Gasteiger partial charge in [-0.15, -0.1) is 15.3 Å². The van der Waals surface area contributed by atoms with Crippen LogP contribution in [0.1, 0.15) is 18.5 Å². The third-order valence-electron chi connectivity index (χ3n) is 2.69. The second-order valence-corrected chi connectivity index (χ2v) is 5.07. The molecule has 9 heteroatoms. The number of furan rings is 1. The Morgan fingerprint density at radius 2 is 2.14 bits per heavy atom. The number of nitrogens with zero attached hydrogens (tertiary/aromatic N) is 5. The van der Waals surface area contributed by atoms with Gasteiger partial charge in [0.2, 0.25) is 5.89 Å². The van der Waals surface area contributed by atoms with E-state index in [-0.39, 0.29) is 0 Å². The molecule has 0 saturated carbocycles. The fourth-order valence-corrected chi connectivity index (χ4v) is 2.04. The third-order valence-corrected chi connectivity index (χ3v) is 3.12. The van der Waals surface area contributed by atoms with Crippen LogP contribution in [-0.4, -0.2) is 31.7 Å². The molecule has 0 radical (unpaired) electrons. The molecule has 0 amide bonds. The minimum absolute atomic E-state index is 0.337. The molecule has 8 nitrogen and oxygen atoms in total. The molecule has 3 aromatic heterocycles. The predicted molar refractivity (Wildman–Crippen MR) is 76.2 cm³/mol. The van der Waals surface area contributed by atoms with Crippen molar-refractivity contribution < 1.29 is 8.83 Å². The summed E-state index contributed by atoms with van der Waals surface area (Å²) in [6, 6.07) is 3.52. The topological polar surface area (TPSA) is 94.8 Å². The molecule has 110 valence electrons. The highest BCUT2D eigenvalue weighted by molar-refractivity contribution is 9.10. The minimum atomic E-state index is 0.337. The molecule has 3 heterocycles. The molecule has 3 rings (SSSR count). The van der Waals surface area contributed by atoms with E-state index in [4.69, 9.17) is 8.83 Å². The van der Waals surface area contributed by atoms with Crippen LogP contribution in [0.15, 0.2) is 31.8 Å². The molecule has 0 aliphatic rings. The fourth-order valence-electron chi connectivity index (χ4n) is 1.73. The largest absolute Gasteiger partial charge is 0.444 e. The Morgan fingerprint density at radius 3 is 2.90 bits per heavy atom. The molecule has 0 saturated heterocycles. The predicted octanol–water partition coefficient (Wildman–Crippen LogP) is 1.84. The van der Waals surface area contributed by atoms with Gasteiger partial charge in [0.25, 0.3) is 5.89 Å². The summed E-state index contributed by atoms with van der Waals surface area (Å²) in [5.74, 6) is 1.30. The van der Waals surface area contributed by atoms with E-state index in [9.17, 15) is 0 Å². The first-order chi connectivity index (χ1) is 10.2. The fraction of sp³-hybridized carbons (Fsp3) is 0.333. The van der Waals surface area contributed by atoms with Gasteiger partial charge in [-0.2, -0.15) is 0 Å². The zero-order chi connectivity index (χ0) is 14.7. The summed E-state index contributed by atoms with van der Waals surface area (Å²) in [6.45, 7) is 3.98. The molecule has 3 aromatic rings. The molecular formula is C12H13BrN6O2. The van der Waals surface area contributed by atoms with Crippen LogP contribution in [0.3, 0.4) is 0 Å². The standard InChI is InChI=1S/C12H13BrN6O2/c1-2-14-5-8-6-19(18-15-8)7-11-16-17-12(21-11)9-3-4-10(13)20-9/h3-4,6,14H,2,5,7H2,1H3. The Labute approximate surface area is 128 Å². The van der Waals surface area contributed by atoms with E-state index in [1.165, 1.54) is 0 Å². The Kier molecular flexibility index (Phi) is 4.11. The Hall–Kier alpha value is -2.00. The van der Waals surface area contributed by atoms with Gasteiger partial charge in [-0.3, -0.25) is 0 Å². The lowest BCUT2D eigenvalue weighted by Gasteiger charge is -1.95. The normalized spacial score (nSPS) is 11.1. The van der Waals surface area contributed by atoms with Crippen molar-refractivity contribution in [1.29, 1.82) is 0 Å². The number of nitrogens with one attached hydrogen (secondary N) is 1. The first kappa shape index (κ1) is 14.0. The van der Waals surface area contributed by atoms with Crippen LogP contribution >= 0.6 is 15.9 Å². The van der Waals surface area contributed by atoms with Gasteiger partial charge in [0.15, 0.2) is 10.4 Å². The van der Waals surface area contributed by atoms with Crippen molar-refractivity contribution in [2.75, 3.05) is 6.54 Å². The molecule has 21 heavy (non-hydrogen) atoms. The summed E-state index contributed by atoms with van der Waals surface area (Å²) in [4.78, 5) is 0. The molecule has 0 unspecified atom stereocenters. The lowest BCUT2D eigenvalue weighted by molar-refractivity contribution is 0.451. The molecule has 0 spiro atoms. The minimum Gasteiger partial charge on any atom is -0.444 e. The molecule has 0 bridgehead atoms. The third kappa shape index (κ3) is 3.37. The van der Waals surface area contributed by atoms with Crippen molar-refractivity contribution in [3.8, 4) is 11.7 Å². The van der Waals surface area contributed by atoms with Crippen molar-refractivity contribution in [3.05, 3.63) is 34.6 Å². The Morgan fingerprint density at radius 1 is 1.24 bits per heavy atom. The average Bonchev–Trinajstić information content (AvgIpc) is 3.18. The van der Waals surface area contributed by atoms with Crippen LogP contribution in [0, 0.1) is 0 Å². The molecule has 0 aliphatic heterocycles. The first-order valence-corrected chi connectivity index (χ1v) is 7.21. The molecule has 0 aromatic carbocycles. The van der Waals surface area contributed by atoms with Crippen molar-refractivity contribution in [2.45, 2.75) is 20.0 Å². The van der Waals surface area contributed by atoms with E-state index < -0.39 is 0 Å². The summed E-state index contributed by atoms with van der Waals surface area (Å²) in [7, 11) is 0. The number of hydrogen-bond donors (Lipinski definition) is 1. The van der Waals surface area contributed by atoms with Crippen molar-refractivity contribution in [3.63, 3.8) is 0 Å². The first-order valence-electron chi connectivity index (χ1n) is 6.42. The highest BCUT2D eigenvalue weighted by atomic mass is 79.9. The van der Waals surface area contributed by atoms with E-state index in [0.717, 1.165) is 12.2 Å². The van der Waals surface area contributed by atoms with Crippen LogP contribution < -0.4 is 5.32 Å². The van der Waals surface area contributed by atoms with Crippen LogP contribution in [0.4, 0.5) is 0 Å². The molecular weight excluding hydrogens is 340 g/mol. The highest BCUT2D eigenvalue weighted by Gasteiger charge is 2.13. The Balaban J connectivity index is 1.68. The number of aromatic nitrogens is 5. The number of halogens is 1. The second kappa shape index (κ2) is 6.19. The van der Waals surface area contributed by atoms with Gasteiger partial charge in [0.1, 0.15) is 6.54 Å². The quantitative estimate of drug-likeness (QED) is 0.722. The maximum absolute atomic E-state index is 5.54.